The third-order valence-electron chi connectivity index (χ3n) is 4.02. The summed E-state index contributed by atoms with van der Waals surface area (Å²) in [4.78, 5) is 21.7. The number of hydrogen-bond acceptors (Lipinski definition) is 5. The van der Waals surface area contributed by atoms with Crippen LogP contribution in [-0.4, -0.2) is 27.2 Å². The smallest absolute Gasteiger partial charge is 0.262 e. The molecule has 1 aromatic carbocycles. The molecule has 3 aromatic rings. The summed E-state index contributed by atoms with van der Waals surface area (Å²) in [5.74, 6) is 0.628. The Labute approximate surface area is 178 Å². The van der Waals surface area contributed by atoms with Crippen molar-refractivity contribution in [2.75, 3.05) is 6.61 Å². The van der Waals surface area contributed by atoms with E-state index >= 15 is 0 Å². The molecule has 0 fully saturated rings. The predicted octanol–water partition coefficient (Wildman–Crippen LogP) is 5.21. The number of thioether (sulfide) groups is 1. The molecule has 3 rings (SSSR count). The number of fused-ring (bicyclic) bond motifs is 1. The van der Waals surface area contributed by atoms with Crippen molar-refractivity contribution < 1.29 is 4.74 Å². The minimum absolute atomic E-state index is 0.0681. The molecule has 0 atom stereocenters. The lowest BCUT2D eigenvalue weighted by Gasteiger charge is -2.14. The molecule has 0 bridgehead atoms. The van der Waals surface area contributed by atoms with Crippen molar-refractivity contribution in [3.05, 3.63) is 62.6 Å². The Bertz CT molecular complexity index is 1020. The highest BCUT2D eigenvalue weighted by Gasteiger charge is 2.12. The lowest BCUT2D eigenvalue weighted by molar-refractivity contribution is 0.0743. The first-order valence-corrected chi connectivity index (χ1v) is 10.7. The van der Waals surface area contributed by atoms with E-state index in [4.69, 9.17) is 32.9 Å². The van der Waals surface area contributed by atoms with Crippen LogP contribution >= 0.6 is 35.0 Å². The number of rotatable bonds is 8. The molecule has 2 heterocycles. The minimum Gasteiger partial charge on any atom is -0.379 e. The number of ether oxygens (including phenoxy) is 1. The van der Waals surface area contributed by atoms with Crippen molar-refractivity contribution in [1.29, 1.82) is 0 Å². The Morgan fingerprint density at radius 2 is 2.04 bits per heavy atom. The highest BCUT2D eigenvalue weighted by Crippen LogP contribution is 2.24. The molecule has 0 aliphatic carbocycles. The second-order valence-corrected chi connectivity index (χ2v) is 8.33. The SMILES string of the molecule is CC(C)OCCCn1c(SCc2ccnc(Cl)c2)nc2cc(Cl)ccc2c1=O. The first-order valence-electron chi connectivity index (χ1n) is 8.99. The second kappa shape index (κ2) is 9.74. The molecule has 2 aromatic heterocycles. The largest absolute Gasteiger partial charge is 0.379 e. The summed E-state index contributed by atoms with van der Waals surface area (Å²) in [6.07, 6.45) is 2.56. The van der Waals surface area contributed by atoms with Gasteiger partial charge in [-0.2, -0.15) is 0 Å². The van der Waals surface area contributed by atoms with Gasteiger partial charge in [0.15, 0.2) is 5.16 Å². The van der Waals surface area contributed by atoms with Gasteiger partial charge in [0.2, 0.25) is 0 Å². The lowest BCUT2D eigenvalue weighted by atomic mass is 10.2. The average molecular weight is 438 g/mol. The number of nitrogens with zero attached hydrogens (tertiary/aromatic N) is 3. The van der Waals surface area contributed by atoms with Crippen LogP contribution in [0.25, 0.3) is 10.9 Å². The Kier molecular flexibility index (Phi) is 7.35. The number of hydrogen-bond donors (Lipinski definition) is 0. The van der Waals surface area contributed by atoms with Crippen molar-refractivity contribution in [1.82, 2.24) is 14.5 Å². The zero-order chi connectivity index (χ0) is 20.1. The molecule has 28 heavy (non-hydrogen) atoms. The maximum atomic E-state index is 13.0. The van der Waals surface area contributed by atoms with Crippen LogP contribution in [0.4, 0.5) is 0 Å². The van der Waals surface area contributed by atoms with Gasteiger partial charge in [-0.05, 0) is 56.2 Å². The fraction of sp³-hybridized carbons (Fsp3) is 0.350. The normalized spacial score (nSPS) is 11.5. The minimum atomic E-state index is -0.0681. The van der Waals surface area contributed by atoms with Crippen LogP contribution < -0.4 is 5.56 Å². The molecule has 0 aliphatic rings. The molecule has 0 aliphatic heterocycles. The molecule has 8 heteroatoms. The Hall–Kier alpha value is -1.60. The molecule has 5 nitrogen and oxygen atoms in total. The summed E-state index contributed by atoms with van der Waals surface area (Å²) in [5.41, 5.74) is 1.55. The van der Waals surface area contributed by atoms with E-state index < -0.39 is 0 Å². The second-order valence-electron chi connectivity index (χ2n) is 6.56. The summed E-state index contributed by atoms with van der Waals surface area (Å²) < 4.78 is 7.32. The monoisotopic (exact) mass is 437 g/mol. The summed E-state index contributed by atoms with van der Waals surface area (Å²) in [5, 5.41) is 2.21. The molecule has 0 unspecified atom stereocenters. The zero-order valence-electron chi connectivity index (χ0n) is 15.7. The summed E-state index contributed by atoms with van der Waals surface area (Å²) in [7, 11) is 0. The number of halogens is 2. The summed E-state index contributed by atoms with van der Waals surface area (Å²) in [6, 6.07) is 8.87. The fourth-order valence-electron chi connectivity index (χ4n) is 2.70. The molecule has 0 saturated carbocycles. The Morgan fingerprint density at radius 3 is 2.79 bits per heavy atom. The molecule has 0 N–H and O–H groups in total. The summed E-state index contributed by atoms with van der Waals surface area (Å²) >= 11 is 13.6. The topological polar surface area (TPSA) is 57.0 Å². The zero-order valence-corrected chi connectivity index (χ0v) is 18.0. The third kappa shape index (κ3) is 5.47. The maximum Gasteiger partial charge on any atom is 0.262 e. The van der Waals surface area contributed by atoms with E-state index in [2.05, 4.69) is 4.98 Å². The first kappa shape index (κ1) is 21.1. The predicted molar refractivity (Wildman–Crippen MR) is 116 cm³/mol. The number of aromatic nitrogens is 3. The average Bonchev–Trinajstić information content (AvgIpc) is 2.64. The van der Waals surface area contributed by atoms with Crippen molar-refractivity contribution in [3.8, 4) is 0 Å². The Morgan fingerprint density at radius 1 is 1.21 bits per heavy atom. The van der Waals surface area contributed by atoms with Gasteiger partial charge in [-0.15, -0.1) is 0 Å². The molecule has 0 amide bonds. The van der Waals surface area contributed by atoms with Gasteiger partial charge in [-0.1, -0.05) is 35.0 Å². The van der Waals surface area contributed by atoms with Crippen LogP contribution in [0.3, 0.4) is 0 Å². The quantitative estimate of drug-likeness (QED) is 0.209. The van der Waals surface area contributed by atoms with Gasteiger partial charge in [0.25, 0.3) is 5.56 Å². The van der Waals surface area contributed by atoms with E-state index in [1.165, 1.54) is 11.8 Å². The number of benzene rings is 1. The molecule has 148 valence electrons. The fourth-order valence-corrected chi connectivity index (χ4v) is 4.03. The maximum absolute atomic E-state index is 13.0. The Balaban J connectivity index is 1.90. The van der Waals surface area contributed by atoms with Crippen molar-refractivity contribution in [3.63, 3.8) is 0 Å². The van der Waals surface area contributed by atoms with Crippen LogP contribution in [0.15, 0.2) is 46.5 Å². The highest BCUT2D eigenvalue weighted by atomic mass is 35.5. The lowest BCUT2D eigenvalue weighted by Crippen LogP contribution is -2.24. The van der Waals surface area contributed by atoms with Gasteiger partial charge in [-0.25, -0.2) is 9.97 Å². The van der Waals surface area contributed by atoms with Crippen LogP contribution in [0.1, 0.15) is 25.8 Å². The molecule has 0 saturated heterocycles. The van der Waals surface area contributed by atoms with E-state index in [1.54, 1.807) is 29.0 Å². The van der Waals surface area contributed by atoms with Gasteiger partial charge in [-0.3, -0.25) is 9.36 Å². The van der Waals surface area contributed by atoms with E-state index in [0.29, 0.717) is 45.1 Å². The highest BCUT2D eigenvalue weighted by molar-refractivity contribution is 7.98. The van der Waals surface area contributed by atoms with E-state index in [0.717, 1.165) is 12.0 Å². The van der Waals surface area contributed by atoms with E-state index in [9.17, 15) is 4.79 Å². The van der Waals surface area contributed by atoms with Gasteiger partial charge in [0, 0.05) is 30.1 Å². The first-order chi connectivity index (χ1) is 13.4. The van der Waals surface area contributed by atoms with Crippen LogP contribution in [0.5, 0.6) is 0 Å². The van der Waals surface area contributed by atoms with Gasteiger partial charge >= 0.3 is 0 Å². The van der Waals surface area contributed by atoms with Crippen LogP contribution in [-0.2, 0) is 17.0 Å². The third-order valence-corrected chi connectivity index (χ3v) is 5.51. The van der Waals surface area contributed by atoms with Gasteiger partial charge in [0.1, 0.15) is 5.15 Å². The van der Waals surface area contributed by atoms with Crippen LogP contribution in [0.2, 0.25) is 10.2 Å². The molecular weight excluding hydrogens is 417 g/mol. The van der Waals surface area contributed by atoms with Crippen molar-refractivity contribution in [2.24, 2.45) is 0 Å². The van der Waals surface area contributed by atoms with Crippen molar-refractivity contribution in [2.45, 2.75) is 43.8 Å². The standard InChI is InChI=1S/C20H21Cl2N3O2S/c1-13(2)27-9-3-8-25-19(26)16-5-4-15(21)11-17(16)24-20(25)28-12-14-6-7-23-18(22)10-14/h4-7,10-11,13H,3,8-9,12H2,1-2H3. The number of pyridine rings is 1. The molecule has 0 spiro atoms. The van der Waals surface area contributed by atoms with Gasteiger partial charge < -0.3 is 4.74 Å². The van der Waals surface area contributed by atoms with E-state index in [1.807, 2.05) is 26.0 Å². The van der Waals surface area contributed by atoms with Crippen LogP contribution in [0, 0.1) is 0 Å². The van der Waals surface area contributed by atoms with E-state index in [-0.39, 0.29) is 11.7 Å². The summed E-state index contributed by atoms with van der Waals surface area (Å²) in [6.45, 7) is 5.12. The molecule has 0 radical (unpaired) electrons. The van der Waals surface area contributed by atoms with Gasteiger partial charge in [0.05, 0.1) is 17.0 Å². The molecular formula is C20H21Cl2N3O2S. The van der Waals surface area contributed by atoms with Crippen molar-refractivity contribution >= 4 is 45.9 Å².